The average molecular weight is 312 g/mol. The fourth-order valence-electron chi connectivity index (χ4n) is 2.00. The van der Waals surface area contributed by atoms with Crippen LogP contribution in [-0.2, 0) is 30.2 Å². The van der Waals surface area contributed by atoms with E-state index < -0.39 is 15.8 Å². The Morgan fingerprint density at radius 3 is 2.71 bits per heavy atom. The number of hydrogen-bond donors (Lipinski definition) is 1. The molecule has 0 fully saturated rings. The Morgan fingerprint density at radius 2 is 2.14 bits per heavy atom. The number of halogens is 1. The lowest BCUT2D eigenvalue weighted by Gasteiger charge is -2.18. The van der Waals surface area contributed by atoms with Gasteiger partial charge in [0.05, 0.1) is 11.1 Å². The molecule has 2 N–H and O–H groups in total. The van der Waals surface area contributed by atoms with Crippen molar-refractivity contribution in [1.82, 2.24) is 14.1 Å². The fourth-order valence-corrected chi connectivity index (χ4v) is 3.40. The zero-order valence-electron chi connectivity index (χ0n) is 11.8. The molecule has 0 unspecified atom stereocenters. The monoisotopic (exact) mass is 312 g/mol. The third-order valence-electron chi connectivity index (χ3n) is 3.10. The molecular formula is C13H17FN4O2S. The van der Waals surface area contributed by atoms with E-state index in [0.717, 1.165) is 15.9 Å². The lowest BCUT2D eigenvalue weighted by Crippen LogP contribution is -2.27. The van der Waals surface area contributed by atoms with Crippen molar-refractivity contribution in [3.63, 3.8) is 0 Å². The highest BCUT2D eigenvalue weighted by molar-refractivity contribution is 7.89. The number of aryl methyl sites for hydroxylation is 1. The molecule has 21 heavy (non-hydrogen) atoms. The molecule has 0 spiro atoms. The quantitative estimate of drug-likeness (QED) is 0.887. The Bertz CT molecular complexity index is 742. The summed E-state index contributed by atoms with van der Waals surface area (Å²) in [5, 5.41) is 3.99. The third-order valence-corrected chi connectivity index (χ3v) is 4.99. The largest absolute Gasteiger partial charge is 0.326 e. The maximum Gasteiger partial charge on any atom is 0.243 e. The number of rotatable bonds is 5. The number of hydrogen-bond acceptors (Lipinski definition) is 4. The summed E-state index contributed by atoms with van der Waals surface area (Å²) in [5.74, 6) is -0.611. The third kappa shape index (κ3) is 3.29. The molecule has 0 amide bonds. The van der Waals surface area contributed by atoms with Crippen molar-refractivity contribution in [1.29, 1.82) is 0 Å². The Balaban J connectivity index is 2.35. The molecule has 6 nitrogen and oxygen atoms in total. The van der Waals surface area contributed by atoms with Gasteiger partial charge in [0.15, 0.2) is 0 Å². The van der Waals surface area contributed by atoms with Gasteiger partial charge in [0.1, 0.15) is 5.82 Å². The number of nitrogens with zero attached hydrogens (tertiary/aromatic N) is 3. The first-order valence-corrected chi connectivity index (χ1v) is 7.71. The summed E-state index contributed by atoms with van der Waals surface area (Å²) < 4.78 is 41.2. The van der Waals surface area contributed by atoms with Crippen LogP contribution in [0.2, 0.25) is 0 Å². The van der Waals surface area contributed by atoms with Gasteiger partial charge in [-0.05, 0) is 17.7 Å². The molecule has 0 aliphatic heterocycles. The maximum atomic E-state index is 13.4. The van der Waals surface area contributed by atoms with Crippen LogP contribution >= 0.6 is 0 Å². The highest BCUT2D eigenvalue weighted by Crippen LogP contribution is 2.21. The SMILES string of the molecule is CN(Cc1cnn(C)c1)S(=O)(=O)c1cc(F)ccc1CN. The molecule has 0 aliphatic rings. The Morgan fingerprint density at radius 1 is 1.43 bits per heavy atom. The van der Waals surface area contributed by atoms with Gasteiger partial charge in [-0.15, -0.1) is 0 Å². The lowest BCUT2D eigenvalue weighted by molar-refractivity contribution is 0.465. The molecule has 1 aromatic heterocycles. The first-order chi connectivity index (χ1) is 9.84. The standard InChI is InChI=1S/C13H17FN4O2S/c1-17-8-10(7-16-17)9-18(2)21(19,20)13-5-12(14)4-3-11(13)6-15/h3-5,7-8H,6,9,15H2,1-2H3. The molecule has 114 valence electrons. The smallest absolute Gasteiger partial charge is 0.243 e. The second kappa shape index (κ2) is 5.92. The summed E-state index contributed by atoms with van der Waals surface area (Å²) in [6.45, 7) is 0.173. The first kappa shape index (κ1) is 15.6. The highest BCUT2D eigenvalue weighted by Gasteiger charge is 2.24. The minimum absolute atomic E-state index is 0.0234. The highest BCUT2D eigenvalue weighted by atomic mass is 32.2. The van der Waals surface area contributed by atoms with Gasteiger partial charge in [-0.1, -0.05) is 6.07 Å². The van der Waals surface area contributed by atoms with Crippen LogP contribution in [0.3, 0.4) is 0 Å². The minimum Gasteiger partial charge on any atom is -0.326 e. The van der Waals surface area contributed by atoms with Crippen LogP contribution in [0.4, 0.5) is 4.39 Å². The Kier molecular flexibility index (Phi) is 4.40. The van der Waals surface area contributed by atoms with E-state index in [9.17, 15) is 12.8 Å². The van der Waals surface area contributed by atoms with Crippen molar-refractivity contribution in [3.8, 4) is 0 Å². The van der Waals surface area contributed by atoms with E-state index in [1.165, 1.54) is 19.2 Å². The zero-order valence-corrected chi connectivity index (χ0v) is 12.6. The van der Waals surface area contributed by atoms with E-state index in [1.807, 2.05) is 0 Å². The predicted octanol–water partition coefficient (Wildman–Crippen LogP) is 0.839. The summed E-state index contributed by atoms with van der Waals surface area (Å²) in [5.41, 5.74) is 6.66. The summed E-state index contributed by atoms with van der Waals surface area (Å²) in [6, 6.07) is 3.58. The van der Waals surface area contributed by atoms with Gasteiger partial charge in [-0.25, -0.2) is 12.8 Å². The molecule has 0 bridgehead atoms. The van der Waals surface area contributed by atoms with E-state index in [4.69, 9.17) is 5.73 Å². The van der Waals surface area contributed by atoms with Crippen LogP contribution in [0.15, 0.2) is 35.5 Å². The number of aromatic nitrogens is 2. The van der Waals surface area contributed by atoms with Crippen LogP contribution in [-0.4, -0.2) is 29.6 Å². The molecule has 0 aliphatic carbocycles. The van der Waals surface area contributed by atoms with Crippen molar-refractivity contribution >= 4 is 10.0 Å². The predicted molar refractivity (Wildman–Crippen MR) is 76.2 cm³/mol. The number of sulfonamides is 1. The van der Waals surface area contributed by atoms with E-state index >= 15 is 0 Å². The van der Waals surface area contributed by atoms with Crippen LogP contribution in [0.25, 0.3) is 0 Å². The second-order valence-electron chi connectivity index (χ2n) is 4.74. The summed E-state index contributed by atoms with van der Waals surface area (Å²) in [4.78, 5) is -0.101. The van der Waals surface area contributed by atoms with Gasteiger partial charge >= 0.3 is 0 Å². The molecule has 2 rings (SSSR count). The molecule has 8 heteroatoms. The molecule has 0 radical (unpaired) electrons. The fraction of sp³-hybridized carbons (Fsp3) is 0.308. The van der Waals surface area contributed by atoms with E-state index in [2.05, 4.69) is 5.10 Å². The van der Waals surface area contributed by atoms with Gasteiger partial charge in [0.2, 0.25) is 10.0 Å². The second-order valence-corrected chi connectivity index (χ2v) is 6.75. The van der Waals surface area contributed by atoms with Gasteiger partial charge in [-0.2, -0.15) is 9.40 Å². The van der Waals surface area contributed by atoms with Gasteiger partial charge in [0, 0.05) is 38.9 Å². The lowest BCUT2D eigenvalue weighted by atomic mass is 10.2. The molecule has 1 heterocycles. The van der Waals surface area contributed by atoms with E-state index in [1.54, 1.807) is 24.1 Å². The topological polar surface area (TPSA) is 81.2 Å². The molecule has 0 saturated carbocycles. The average Bonchev–Trinajstić information content (AvgIpc) is 2.84. The van der Waals surface area contributed by atoms with Crippen molar-refractivity contribution in [3.05, 3.63) is 47.5 Å². The Labute approximate surface area is 123 Å². The molecular weight excluding hydrogens is 295 g/mol. The Hall–Kier alpha value is -1.77. The summed E-state index contributed by atoms with van der Waals surface area (Å²) in [6.07, 6.45) is 3.31. The van der Waals surface area contributed by atoms with E-state index in [-0.39, 0.29) is 18.0 Å². The van der Waals surface area contributed by atoms with Crippen LogP contribution in [0.5, 0.6) is 0 Å². The first-order valence-electron chi connectivity index (χ1n) is 6.27. The molecule has 2 aromatic rings. The maximum absolute atomic E-state index is 13.4. The molecule has 1 aromatic carbocycles. The zero-order chi connectivity index (χ0) is 15.6. The van der Waals surface area contributed by atoms with Crippen molar-refractivity contribution in [2.24, 2.45) is 12.8 Å². The van der Waals surface area contributed by atoms with Gasteiger partial charge < -0.3 is 5.73 Å². The van der Waals surface area contributed by atoms with Gasteiger partial charge in [-0.3, -0.25) is 4.68 Å². The van der Waals surface area contributed by atoms with E-state index in [0.29, 0.717) is 5.56 Å². The number of benzene rings is 1. The van der Waals surface area contributed by atoms with Gasteiger partial charge in [0.25, 0.3) is 0 Å². The molecule has 0 saturated heterocycles. The van der Waals surface area contributed by atoms with Crippen LogP contribution in [0.1, 0.15) is 11.1 Å². The minimum atomic E-state index is -3.82. The summed E-state index contributed by atoms with van der Waals surface area (Å²) >= 11 is 0. The van der Waals surface area contributed by atoms with Crippen molar-refractivity contribution in [2.75, 3.05) is 7.05 Å². The molecule has 0 atom stereocenters. The van der Waals surface area contributed by atoms with Crippen LogP contribution in [0, 0.1) is 5.82 Å². The van der Waals surface area contributed by atoms with Crippen molar-refractivity contribution in [2.45, 2.75) is 18.0 Å². The number of nitrogens with two attached hydrogens (primary N) is 1. The van der Waals surface area contributed by atoms with Crippen molar-refractivity contribution < 1.29 is 12.8 Å². The normalized spacial score (nSPS) is 12.0. The van der Waals surface area contributed by atoms with Crippen LogP contribution < -0.4 is 5.73 Å². The summed E-state index contributed by atoms with van der Waals surface area (Å²) in [7, 11) is -0.632.